The molecule has 0 spiro atoms. The third kappa shape index (κ3) is 4.68. The van der Waals surface area contributed by atoms with Crippen LogP contribution in [0.15, 0.2) is 47.1 Å². The highest BCUT2D eigenvalue weighted by atomic mass is 16.5. The molecule has 1 saturated heterocycles. The van der Waals surface area contributed by atoms with Gasteiger partial charge in [0.1, 0.15) is 5.75 Å². The molecule has 0 atom stereocenters. The van der Waals surface area contributed by atoms with Crippen LogP contribution in [0, 0.1) is 0 Å². The first kappa shape index (κ1) is 19.0. The van der Waals surface area contributed by atoms with E-state index in [-0.39, 0.29) is 11.8 Å². The maximum absolute atomic E-state index is 12.6. The molecule has 0 radical (unpaired) electrons. The van der Waals surface area contributed by atoms with Crippen molar-refractivity contribution < 1.29 is 18.7 Å². The molecule has 1 aliphatic rings. The van der Waals surface area contributed by atoms with Crippen LogP contribution in [0.1, 0.15) is 16.1 Å². The highest BCUT2D eigenvalue weighted by Gasteiger charge is 2.25. The Morgan fingerprint density at radius 3 is 2.52 bits per heavy atom. The molecular weight excluding hydrogens is 346 g/mol. The molecular formula is C20H25N3O4. The van der Waals surface area contributed by atoms with Gasteiger partial charge in [-0.2, -0.15) is 0 Å². The van der Waals surface area contributed by atoms with E-state index in [0.717, 1.165) is 11.3 Å². The average molecular weight is 371 g/mol. The Hall–Kier alpha value is -2.80. The summed E-state index contributed by atoms with van der Waals surface area (Å²) in [7, 11) is 3.43. The first-order valence-corrected chi connectivity index (χ1v) is 8.99. The van der Waals surface area contributed by atoms with Crippen molar-refractivity contribution in [1.29, 1.82) is 0 Å². The molecule has 7 heteroatoms. The monoisotopic (exact) mass is 371 g/mol. The van der Waals surface area contributed by atoms with E-state index in [1.165, 1.54) is 6.26 Å². The summed E-state index contributed by atoms with van der Waals surface area (Å²) in [4.78, 5) is 30.4. The van der Waals surface area contributed by atoms with Crippen molar-refractivity contribution in [2.24, 2.45) is 0 Å². The summed E-state index contributed by atoms with van der Waals surface area (Å²) in [6.45, 7) is 3.35. The van der Waals surface area contributed by atoms with Crippen molar-refractivity contribution in [1.82, 2.24) is 14.7 Å². The van der Waals surface area contributed by atoms with Gasteiger partial charge in [-0.1, -0.05) is 18.2 Å². The van der Waals surface area contributed by atoms with Gasteiger partial charge in [0, 0.05) is 45.3 Å². The number of hydrogen-bond acceptors (Lipinski definition) is 5. The number of para-hydroxylation sites is 1. The fraction of sp³-hybridized carbons (Fsp3) is 0.400. The van der Waals surface area contributed by atoms with Crippen LogP contribution in [0.5, 0.6) is 5.75 Å². The molecule has 0 aliphatic carbocycles. The second-order valence-electron chi connectivity index (χ2n) is 6.61. The molecule has 1 aromatic heterocycles. The van der Waals surface area contributed by atoms with E-state index in [1.807, 2.05) is 24.3 Å². The largest absolute Gasteiger partial charge is 0.496 e. The van der Waals surface area contributed by atoms with Crippen LogP contribution in [0.4, 0.5) is 0 Å². The summed E-state index contributed by atoms with van der Waals surface area (Å²) in [6, 6.07) is 11.1. The van der Waals surface area contributed by atoms with Crippen LogP contribution in [0.2, 0.25) is 0 Å². The van der Waals surface area contributed by atoms with Crippen molar-refractivity contribution in [2.75, 3.05) is 46.9 Å². The number of carbonyl (C=O) groups excluding carboxylic acids is 2. The average Bonchev–Trinajstić information content (AvgIpc) is 3.23. The third-order valence-corrected chi connectivity index (χ3v) is 4.78. The fourth-order valence-electron chi connectivity index (χ4n) is 3.15. The van der Waals surface area contributed by atoms with Gasteiger partial charge in [0.25, 0.3) is 5.91 Å². The second kappa shape index (κ2) is 8.73. The minimum absolute atomic E-state index is 0.0479. The van der Waals surface area contributed by atoms with Crippen LogP contribution in [0.25, 0.3) is 0 Å². The number of piperazine rings is 1. The van der Waals surface area contributed by atoms with Crippen molar-refractivity contribution in [2.45, 2.75) is 6.54 Å². The maximum atomic E-state index is 12.6. The Bertz CT molecular complexity index is 767. The molecule has 1 aromatic carbocycles. The van der Waals surface area contributed by atoms with Gasteiger partial charge in [0.2, 0.25) is 5.91 Å². The summed E-state index contributed by atoms with van der Waals surface area (Å²) in [5, 5.41) is 0. The first-order valence-electron chi connectivity index (χ1n) is 8.99. The van der Waals surface area contributed by atoms with Gasteiger partial charge in [-0.3, -0.25) is 14.5 Å². The quantitative estimate of drug-likeness (QED) is 0.773. The highest BCUT2D eigenvalue weighted by Crippen LogP contribution is 2.19. The zero-order valence-electron chi connectivity index (χ0n) is 15.8. The summed E-state index contributed by atoms with van der Waals surface area (Å²) >= 11 is 0. The van der Waals surface area contributed by atoms with E-state index in [4.69, 9.17) is 9.15 Å². The van der Waals surface area contributed by atoms with Crippen molar-refractivity contribution in [3.63, 3.8) is 0 Å². The molecule has 2 aromatic rings. The molecule has 0 unspecified atom stereocenters. The van der Waals surface area contributed by atoms with E-state index in [1.54, 1.807) is 36.1 Å². The van der Waals surface area contributed by atoms with Crippen LogP contribution in [0.3, 0.4) is 0 Å². The number of ether oxygens (including phenoxy) is 1. The molecule has 1 fully saturated rings. The zero-order valence-corrected chi connectivity index (χ0v) is 15.8. The first-order chi connectivity index (χ1) is 13.1. The Morgan fingerprint density at radius 2 is 1.85 bits per heavy atom. The number of amides is 2. The summed E-state index contributed by atoms with van der Waals surface area (Å²) in [5.74, 6) is 1.09. The van der Waals surface area contributed by atoms with Crippen molar-refractivity contribution in [3.8, 4) is 5.75 Å². The van der Waals surface area contributed by atoms with Crippen molar-refractivity contribution >= 4 is 11.8 Å². The van der Waals surface area contributed by atoms with Crippen LogP contribution < -0.4 is 4.74 Å². The standard InChI is InChI=1S/C20H25N3O4/c1-21(14-16-6-3-4-7-17(16)26-2)19(24)15-22-9-11-23(12-10-22)20(25)18-8-5-13-27-18/h3-8,13H,9-12,14-15H2,1-2H3. The minimum atomic E-state index is -0.0979. The molecule has 2 heterocycles. The Balaban J connectivity index is 1.48. The van der Waals surface area contributed by atoms with Gasteiger partial charge < -0.3 is 19.0 Å². The number of hydrogen-bond donors (Lipinski definition) is 0. The summed E-state index contributed by atoms with van der Waals surface area (Å²) in [6.07, 6.45) is 1.50. The van der Waals surface area contributed by atoms with E-state index in [9.17, 15) is 9.59 Å². The molecule has 3 rings (SSSR count). The van der Waals surface area contributed by atoms with Gasteiger partial charge in [0.05, 0.1) is 19.9 Å². The van der Waals surface area contributed by atoms with Gasteiger partial charge >= 0.3 is 0 Å². The Morgan fingerprint density at radius 1 is 1.11 bits per heavy atom. The van der Waals surface area contributed by atoms with Gasteiger partial charge in [-0.05, 0) is 18.2 Å². The maximum Gasteiger partial charge on any atom is 0.289 e. The topological polar surface area (TPSA) is 66.2 Å². The number of rotatable bonds is 6. The second-order valence-corrected chi connectivity index (χ2v) is 6.61. The van der Waals surface area contributed by atoms with Crippen LogP contribution in [-0.4, -0.2) is 73.4 Å². The number of nitrogens with zero attached hydrogens (tertiary/aromatic N) is 3. The predicted octanol–water partition coefficient (Wildman–Crippen LogP) is 1.70. The fourth-order valence-corrected chi connectivity index (χ4v) is 3.15. The highest BCUT2D eigenvalue weighted by molar-refractivity contribution is 5.91. The zero-order chi connectivity index (χ0) is 19.2. The number of furan rings is 1. The molecule has 7 nitrogen and oxygen atoms in total. The lowest BCUT2D eigenvalue weighted by Gasteiger charge is -2.34. The molecule has 27 heavy (non-hydrogen) atoms. The van der Waals surface area contributed by atoms with Gasteiger partial charge in [0.15, 0.2) is 5.76 Å². The molecule has 2 amide bonds. The Labute approximate surface area is 159 Å². The van der Waals surface area contributed by atoms with E-state index < -0.39 is 0 Å². The lowest BCUT2D eigenvalue weighted by Crippen LogP contribution is -2.51. The summed E-state index contributed by atoms with van der Waals surface area (Å²) < 4.78 is 10.5. The number of methoxy groups -OCH3 is 1. The van der Waals surface area contributed by atoms with Gasteiger partial charge in [-0.25, -0.2) is 0 Å². The Kier molecular flexibility index (Phi) is 6.13. The molecule has 1 aliphatic heterocycles. The van der Waals surface area contributed by atoms with Gasteiger partial charge in [-0.15, -0.1) is 0 Å². The lowest BCUT2D eigenvalue weighted by molar-refractivity contribution is -0.132. The van der Waals surface area contributed by atoms with E-state index >= 15 is 0 Å². The van der Waals surface area contributed by atoms with E-state index in [0.29, 0.717) is 45.0 Å². The summed E-state index contributed by atoms with van der Waals surface area (Å²) in [5.41, 5.74) is 0.977. The minimum Gasteiger partial charge on any atom is -0.496 e. The smallest absolute Gasteiger partial charge is 0.289 e. The predicted molar refractivity (Wildman–Crippen MR) is 101 cm³/mol. The molecule has 0 saturated carbocycles. The lowest BCUT2D eigenvalue weighted by atomic mass is 10.2. The number of likely N-dealkylation sites (N-methyl/N-ethyl adjacent to an activating group) is 1. The van der Waals surface area contributed by atoms with E-state index in [2.05, 4.69) is 4.90 Å². The molecule has 0 bridgehead atoms. The van der Waals surface area contributed by atoms with Crippen LogP contribution >= 0.6 is 0 Å². The van der Waals surface area contributed by atoms with Crippen molar-refractivity contribution in [3.05, 3.63) is 54.0 Å². The number of benzene rings is 1. The van der Waals surface area contributed by atoms with Crippen LogP contribution in [-0.2, 0) is 11.3 Å². The number of carbonyl (C=O) groups is 2. The molecule has 144 valence electrons. The normalized spacial score (nSPS) is 14.8. The third-order valence-electron chi connectivity index (χ3n) is 4.78. The molecule has 0 N–H and O–H groups in total. The SMILES string of the molecule is COc1ccccc1CN(C)C(=O)CN1CCN(C(=O)c2ccco2)CC1.